The van der Waals surface area contributed by atoms with Gasteiger partial charge in [0.05, 0.1) is 0 Å². The van der Waals surface area contributed by atoms with Crippen LogP contribution in [0.3, 0.4) is 0 Å². The molecule has 4 atom stereocenters. The minimum atomic E-state index is -0.923. The number of likely N-dealkylation sites (N-methyl/N-ethyl adjacent to an activating group) is 1. The lowest BCUT2D eigenvalue weighted by Crippen LogP contribution is -2.51. The first-order chi connectivity index (χ1) is 29.6. The van der Waals surface area contributed by atoms with Crippen LogP contribution in [-0.2, 0) is 19.2 Å². The van der Waals surface area contributed by atoms with Crippen molar-refractivity contribution >= 4 is 51.9 Å². The number of hydrogen-bond donors (Lipinski definition) is 5. The molecule has 13 nitrogen and oxygen atoms in total. The smallest absolute Gasteiger partial charge is 0.315 e. The van der Waals surface area contributed by atoms with Crippen LogP contribution >= 0.6 is 0 Å². The van der Waals surface area contributed by atoms with E-state index < -0.39 is 24.2 Å². The van der Waals surface area contributed by atoms with Crippen LogP contribution in [0.4, 0.5) is 16.2 Å². The van der Waals surface area contributed by atoms with E-state index in [0.717, 1.165) is 59.8 Å². The molecule has 6 amide bonds. The van der Waals surface area contributed by atoms with Crippen LogP contribution in [0, 0.1) is 0 Å². The highest BCUT2D eigenvalue weighted by Crippen LogP contribution is 2.31. The third kappa shape index (κ3) is 9.31. The Kier molecular flexibility index (Phi) is 12.5. The van der Waals surface area contributed by atoms with Crippen molar-refractivity contribution < 1.29 is 24.0 Å². The Morgan fingerprint density at radius 2 is 1.21 bits per heavy atom. The first-order valence-electron chi connectivity index (χ1n) is 21.4. The van der Waals surface area contributed by atoms with Crippen molar-refractivity contribution in [2.45, 2.75) is 81.6 Å². The minimum Gasteiger partial charge on any atom is -0.355 e. The number of anilines is 2. The predicted octanol–water partition coefficient (Wildman–Crippen LogP) is 6.98. The monoisotopic (exact) mass is 822 g/mol. The Morgan fingerprint density at radius 1 is 0.639 bits per heavy atom. The number of aromatic amines is 1. The minimum absolute atomic E-state index is 0.0813. The molecule has 2 saturated heterocycles. The summed E-state index contributed by atoms with van der Waals surface area (Å²) in [4.78, 5) is 77.0. The van der Waals surface area contributed by atoms with Gasteiger partial charge in [-0.25, -0.2) is 4.79 Å². The lowest BCUT2D eigenvalue weighted by atomic mass is 10.0. The summed E-state index contributed by atoms with van der Waals surface area (Å²) in [5.74, 6) is -0.874. The maximum atomic E-state index is 14.1. The second-order valence-electron chi connectivity index (χ2n) is 16.6. The summed E-state index contributed by atoms with van der Waals surface area (Å²) in [6, 6.07) is 31.1. The number of aromatic nitrogens is 1. The molecule has 3 heterocycles. The van der Waals surface area contributed by atoms with Gasteiger partial charge in [-0.05, 0) is 106 Å². The molecule has 3 aliphatic rings. The number of carbonyl (C=O) groups excluding carboxylic acids is 5. The normalized spacial score (nSPS) is 18.9. The molecule has 13 heteroatoms. The van der Waals surface area contributed by atoms with E-state index >= 15 is 0 Å². The molecule has 61 heavy (non-hydrogen) atoms. The number of carbonyl (C=O) groups is 5. The zero-order valence-corrected chi connectivity index (χ0v) is 34.7. The molecule has 0 spiro atoms. The van der Waals surface area contributed by atoms with Crippen LogP contribution in [-0.4, -0.2) is 94.7 Å². The van der Waals surface area contributed by atoms with Crippen LogP contribution in [0.25, 0.3) is 22.2 Å². The molecular weight excluding hydrogens is 769 g/mol. The number of H-pyrrole nitrogens is 1. The standard InChI is InChI=1S/C48H54N8O5/c1-54(2)43(33-15-7-4-8-16-33)47(60)56-28-12-20-41(56)45(58)50-37-25-26-38-34(29-37)30-39(52-38)31-21-23-36(24-22-31)49-44(57)40-19-11-27-55(40)46(59)42(32-13-5-3-6-14-32)53-48(61)51-35-17-9-10-18-35/h3-8,13-16,21-26,29-30,35,40-43,52H,9-12,17-20,27-28H2,1-2H3,(H,49,57)(H,50,58)(H2,51,53,61)/t40-,41-,42?,43?/m0/s1. The van der Waals surface area contributed by atoms with E-state index in [1.807, 2.05) is 128 Å². The average Bonchev–Trinajstić information content (AvgIpc) is 4.11. The quantitative estimate of drug-likeness (QED) is 0.0914. The van der Waals surface area contributed by atoms with Gasteiger partial charge >= 0.3 is 6.03 Å². The van der Waals surface area contributed by atoms with E-state index in [9.17, 15) is 24.0 Å². The fraction of sp³-hybridized carbons (Fsp3) is 0.354. The number of amides is 6. The van der Waals surface area contributed by atoms with Gasteiger partial charge in [-0.3, -0.25) is 24.1 Å². The number of benzene rings is 4. The maximum Gasteiger partial charge on any atom is 0.315 e. The third-order valence-corrected chi connectivity index (χ3v) is 12.2. The van der Waals surface area contributed by atoms with E-state index in [-0.39, 0.29) is 35.7 Å². The third-order valence-electron chi connectivity index (χ3n) is 12.2. The fourth-order valence-corrected chi connectivity index (χ4v) is 9.14. The molecule has 1 saturated carbocycles. The van der Waals surface area contributed by atoms with Crippen molar-refractivity contribution in [3.05, 3.63) is 120 Å². The fourth-order valence-electron chi connectivity index (χ4n) is 9.14. The van der Waals surface area contributed by atoms with Gasteiger partial charge in [-0.2, -0.15) is 0 Å². The first kappa shape index (κ1) is 41.3. The Bertz CT molecular complexity index is 2360. The summed E-state index contributed by atoms with van der Waals surface area (Å²) >= 11 is 0. The summed E-state index contributed by atoms with van der Waals surface area (Å²) < 4.78 is 0. The Hall–Kier alpha value is -6.47. The Morgan fingerprint density at radius 3 is 1.84 bits per heavy atom. The number of hydrogen-bond acceptors (Lipinski definition) is 6. The molecule has 5 N–H and O–H groups in total. The highest BCUT2D eigenvalue weighted by atomic mass is 16.2. The van der Waals surface area contributed by atoms with Gasteiger partial charge in [0.1, 0.15) is 24.2 Å². The molecule has 0 bridgehead atoms. The number of likely N-dealkylation sites (tertiary alicyclic amines) is 2. The summed E-state index contributed by atoms with van der Waals surface area (Å²) in [5, 5.41) is 12.9. The Balaban J connectivity index is 0.898. The van der Waals surface area contributed by atoms with Gasteiger partial charge in [0, 0.05) is 47.1 Å². The highest BCUT2D eigenvalue weighted by Gasteiger charge is 2.40. The van der Waals surface area contributed by atoms with Crippen molar-refractivity contribution in [1.29, 1.82) is 0 Å². The van der Waals surface area contributed by atoms with Gasteiger partial charge in [0.2, 0.25) is 17.7 Å². The van der Waals surface area contributed by atoms with Gasteiger partial charge in [0.15, 0.2) is 0 Å². The van der Waals surface area contributed by atoms with Crippen molar-refractivity contribution in [3.63, 3.8) is 0 Å². The molecule has 1 aliphatic carbocycles. The molecule has 2 unspecified atom stereocenters. The molecule has 0 radical (unpaired) electrons. The van der Waals surface area contributed by atoms with Gasteiger partial charge in [-0.15, -0.1) is 0 Å². The number of urea groups is 1. The van der Waals surface area contributed by atoms with Crippen LogP contribution in [0.2, 0.25) is 0 Å². The first-order valence-corrected chi connectivity index (χ1v) is 21.4. The summed E-state index contributed by atoms with van der Waals surface area (Å²) in [6.07, 6.45) is 6.56. The van der Waals surface area contributed by atoms with Gasteiger partial charge in [-0.1, -0.05) is 85.6 Å². The van der Waals surface area contributed by atoms with Crippen LogP contribution in [0.5, 0.6) is 0 Å². The number of rotatable bonds is 12. The van der Waals surface area contributed by atoms with Crippen LogP contribution in [0.1, 0.15) is 74.6 Å². The summed E-state index contributed by atoms with van der Waals surface area (Å²) in [7, 11) is 3.76. The molecule has 2 aliphatic heterocycles. The van der Waals surface area contributed by atoms with E-state index in [2.05, 4.69) is 26.3 Å². The lowest BCUT2D eigenvalue weighted by Gasteiger charge is -2.31. The number of nitrogens with one attached hydrogen (secondary N) is 5. The molecular formula is C48H54N8O5. The second-order valence-corrected chi connectivity index (χ2v) is 16.6. The topological polar surface area (TPSA) is 159 Å². The van der Waals surface area contributed by atoms with Gasteiger partial charge < -0.3 is 36.1 Å². The van der Waals surface area contributed by atoms with Crippen molar-refractivity contribution in [2.75, 3.05) is 37.8 Å². The van der Waals surface area contributed by atoms with Gasteiger partial charge in [0.25, 0.3) is 5.91 Å². The molecule has 316 valence electrons. The molecule has 3 fully saturated rings. The van der Waals surface area contributed by atoms with Crippen LogP contribution in [0.15, 0.2) is 109 Å². The van der Waals surface area contributed by atoms with Crippen LogP contribution < -0.4 is 21.3 Å². The molecule has 8 rings (SSSR count). The summed E-state index contributed by atoms with van der Waals surface area (Å²) in [5.41, 5.74) is 5.46. The Labute approximate surface area is 356 Å². The van der Waals surface area contributed by atoms with E-state index in [1.54, 1.807) is 9.80 Å². The second kappa shape index (κ2) is 18.4. The lowest BCUT2D eigenvalue weighted by molar-refractivity contribution is -0.140. The summed E-state index contributed by atoms with van der Waals surface area (Å²) in [6.45, 7) is 0.950. The molecule has 5 aromatic rings. The SMILES string of the molecule is CN(C)C(C(=O)N1CCC[C@H]1C(=O)Nc1ccc2[nH]c(-c3ccc(NC(=O)[C@@H]4CCCN4C(=O)C(NC(=O)NC4CCCC4)c4ccccc4)cc3)cc2c1)c1ccccc1. The number of fused-ring (bicyclic) bond motifs is 1. The average molecular weight is 823 g/mol. The predicted molar refractivity (Wildman–Crippen MR) is 236 cm³/mol. The zero-order valence-electron chi connectivity index (χ0n) is 34.7. The zero-order chi connectivity index (χ0) is 42.5. The molecule has 4 aromatic carbocycles. The van der Waals surface area contributed by atoms with Crippen molar-refractivity contribution in [3.8, 4) is 11.3 Å². The molecule has 1 aromatic heterocycles. The van der Waals surface area contributed by atoms with Crippen molar-refractivity contribution in [2.24, 2.45) is 0 Å². The van der Waals surface area contributed by atoms with E-state index in [1.165, 1.54) is 0 Å². The van der Waals surface area contributed by atoms with E-state index in [4.69, 9.17) is 0 Å². The van der Waals surface area contributed by atoms with E-state index in [0.29, 0.717) is 49.3 Å². The maximum absolute atomic E-state index is 14.1. The highest BCUT2D eigenvalue weighted by molar-refractivity contribution is 6.01. The van der Waals surface area contributed by atoms with Crippen molar-refractivity contribution in [1.82, 2.24) is 30.3 Å². The number of nitrogens with zero attached hydrogens (tertiary/aromatic N) is 3. The largest absolute Gasteiger partial charge is 0.355 e.